The first-order valence-corrected chi connectivity index (χ1v) is 12.0. The summed E-state index contributed by atoms with van der Waals surface area (Å²) in [5.41, 5.74) is 9.15. The second-order valence-corrected chi connectivity index (χ2v) is 9.01. The van der Waals surface area contributed by atoms with Gasteiger partial charge < -0.3 is 24.9 Å². The number of nitrogen functional groups attached to an aromatic ring is 1. The van der Waals surface area contributed by atoms with Crippen molar-refractivity contribution < 1.29 is 9.21 Å². The lowest BCUT2D eigenvalue weighted by molar-refractivity contribution is 0.0944. The van der Waals surface area contributed by atoms with Crippen molar-refractivity contribution in [2.75, 3.05) is 31.9 Å². The lowest BCUT2D eigenvalue weighted by Gasteiger charge is -2.31. The Morgan fingerprint density at radius 1 is 1.06 bits per heavy atom. The summed E-state index contributed by atoms with van der Waals surface area (Å²) in [4.78, 5) is 19.7. The van der Waals surface area contributed by atoms with Crippen LogP contribution in [0.2, 0.25) is 0 Å². The molecule has 1 aliphatic rings. The molecule has 3 N–H and O–H groups in total. The molecule has 1 aliphatic heterocycles. The van der Waals surface area contributed by atoms with Crippen molar-refractivity contribution >= 4 is 22.6 Å². The monoisotopic (exact) mass is 457 g/mol. The van der Waals surface area contributed by atoms with Crippen molar-refractivity contribution in [2.24, 2.45) is 5.92 Å². The maximum Gasteiger partial charge on any atom is 0.253 e. The number of benzene rings is 2. The maximum absolute atomic E-state index is 12.4. The van der Waals surface area contributed by atoms with E-state index in [0.29, 0.717) is 30.3 Å². The molecule has 2 aromatic carbocycles. The summed E-state index contributed by atoms with van der Waals surface area (Å²) >= 11 is 0. The van der Waals surface area contributed by atoms with Gasteiger partial charge in [0.2, 0.25) is 0 Å². The number of imidazole rings is 1. The zero-order valence-corrected chi connectivity index (χ0v) is 19.3. The molecule has 2 aromatic heterocycles. The fourth-order valence-electron chi connectivity index (χ4n) is 4.81. The van der Waals surface area contributed by atoms with Crippen molar-refractivity contribution in [1.82, 2.24) is 19.8 Å². The second kappa shape index (κ2) is 10.1. The Labute approximate surface area is 199 Å². The number of para-hydroxylation sites is 3. The van der Waals surface area contributed by atoms with Gasteiger partial charge in [-0.15, -0.1) is 0 Å². The molecule has 1 amide bonds. The third-order valence-corrected chi connectivity index (χ3v) is 6.73. The number of nitrogens with zero attached hydrogens (tertiary/aromatic N) is 3. The Balaban J connectivity index is 1.15. The van der Waals surface area contributed by atoms with Crippen LogP contribution in [0, 0.1) is 5.92 Å². The van der Waals surface area contributed by atoms with Gasteiger partial charge in [0.05, 0.1) is 29.4 Å². The van der Waals surface area contributed by atoms with Crippen molar-refractivity contribution in [3.05, 3.63) is 84.1 Å². The van der Waals surface area contributed by atoms with E-state index in [0.717, 1.165) is 61.5 Å². The zero-order chi connectivity index (χ0) is 23.3. The number of carbonyl (C=O) groups is 1. The third-order valence-electron chi connectivity index (χ3n) is 6.73. The fraction of sp³-hybridized carbons (Fsp3) is 0.333. The lowest BCUT2D eigenvalue weighted by Crippen LogP contribution is -2.40. The molecule has 34 heavy (non-hydrogen) atoms. The molecular formula is C27H31N5O2. The van der Waals surface area contributed by atoms with E-state index in [-0.39, 0.29) is 5.91 Å². The highest BCUT2D eigenvalue weighted by atomic mass is 16.3. The molecule has 1 fully saturated rings. The van der Waals surface area contributed by atoms with Crippen LogP contribution < -0.4 is 11.1 Å². The van der Waals surface area contributed by atoms with Gasteiger partial charge in [0.15, 0.2) is 0 Å². The molecule has 0 saturated carbocycles. The zero-order valence-electron chi connectivity index (χ0n) is 19.3. The molecule has 7 nitrogen and oxygen atoms in total. The predicted octanol–water partition coefficient (Wildman–Crippen LogP) is 3.94. The summed E-state index contributed by atoms with van der Waals surface area (Å²) in [7, 11) is 0. The highest BCUT2D eigenvalue weighted by Gasteiger charge is 2.22. The van der Waals surface area contributed by atoms with E-state index in [9.17, 15) is 4.79 Å². The van der Waals surface area contributed by atoms with Gasteiger partial charge in [0.1, 0.15) is 11.6 Å². The van der Waals surface area contributed by atoms with E-state index >= 15 is 0 Å². The average molecular weight is 458 g/mol. The molecule has 0 bridgehead atoms. The second-order valence-electron chi connectivity index (χ2n) is 9.01. The van der Waals surface area contributed by atoms with Gasteiger partial charge >= 0.3 is 0 Å². The molecule has 0 radical (unpaired) electrons. The van der Waals surface area contributed by atoms with Crippen LogP contribution in [0.3, 0.4) is 0 Å². The minimum absolute atomic E-state index is 0.108. The molecule has 0 atom stereocenters. The quantitative estimate of drug-likeness (QED) is 0.391. The van der Waals surface area contributed by atoms with Crippen molar-refractivity contribution in [3.8, 4) is 0 Å². The van der Waals surface area contributed by atoms with Gasteiger partial charge in [-0.05, 0) is 68.2 Å². The smallest absolute Gasteiger partial charge is 0.253 e. The summed E-state index contributed by atoms with van der Waals surface area (Å²) < 4.78 is 7.91. The van der Waals surface area contributed by atoms with E-state index in [2.05, 4.69) is 33.0 Å². The van der Waals surface area contributed by atoms with Crippen LogP contribution in [0.25, 0.3) is 11.0 Å². The summed E-state index contributed by atoms with van der Waals surface area (Å²) in [6.07, 6.45) is 4.95. The Kier molecular flexibility index (Phi) is 6.62. The highest BCUT2D eigenvalue weighted by molar-refractivity contribution is 5.99. The number of aromatic nitrogens is 2. The van der Waals surface area contributed by atoms with Crippen LogP contribution in [0.1, 0.15) is 34.8 Å². The van der Waals surface area contributed by atoms with Crippen LogP contribution in [0.5, 0.6) is 0 Å². The summed E-state index contributed by atoms with van der Waals surface area (Å²) in [5.74, 6) is 2.56. The normalized spacial score (nSPS) is 15.1. The number of piperidine rings is 1. The molecule has 0 spiro atoms. The van der Waals surface area contributed by atoms with Crippen molar-refractivity contribution in [3.63, 3.8) is 0 Å². The predicted molar refractivity (Wildman–Crippen MR) is 134 cm³/mol. The van der Waals surface area contributed by atoms with Gasteiger partial charge in [0.25, 0.3) is 5.91 Å². The van der Waals surface area contributed by atoms with E-state index < -0.39 is 0 Å². The summed E-state index contributed by atoms with van der Waals surface area (Å²) in [5, 5.41) is 3.00. The van der Waals surface area contributed by atoms with E-state index in [1.165, 1.54) is 0 Å². The van der Waals surface area contributed by atoms with Crippen LogP contribution in [-0.4, -0.2) is 46.5 Å². The number of hydrogen-bond donors (Lipinski definition) is 2. The SMILES string of the molecule is Nc1ccccc1C(=O)NCCN1CCC(Cc2nc3ccccc3n2Cc2ccco2)CC1. The highest BCUT2D eigenvalue weighted by Crippen LogP contribution is 2.25. The molecule has 0 unspecified atom stereocenters. The Bertz CT molecular complexity index is 1240. The number of nitrogens with two attached hydrogens (primary N) is 1. The Morgan fingerprint density at radius 2 is 1.85 bits per heavy atom. The van der Waals surface area contributed by atoms with Crippen LogP contribution in [0.4, 0.5) is 5.69 Å². The van der Waals surface area contributed by atoms with Gasteiger partial charge in [0, 0.05) is 25.2 Å². The number of rotatable bonds is 8. The number of anilines is 1. The molecule has 1 saturated heterocycles. The fourth-order valence-corrected chi connectivity index (χ4v) is 4.81. The molecule has 4 aromatic rings. The number of fused-ring (bicyclic) bond motifs is 1. The first-order valence-electron chi connectivity index (χ1n) is 12.0. The van der Waals surface area contributed by atoms with Crippen LogP contribution >= 0.6 is 0 Å². The van der Waals surface area contributed by atoms with Crippen LogP contribution in [-0.2, 0) is 13.0 Å². The topological polar surface area (TPSA) is 89.3 Å². The van der Waals surface area contributed by atoms with E-state index in [1.54, 1.807) is 18.4 Å². The van der Waals surface area contributed by atoms with Crippen molar-refractivity contribution in [1.29, 1.82) is 0 Å². The number of hydrogen-bond acceptors (Lipinski definition) is 5. The molecule has 7 heteroatoms. The number of carbonyl (C=O) groups excluding carboxylic acids is 1. The van der Waals surface area contributed by atoms with Gasteiger partial charge in [-0.25, -0.2) is 4.98 Å². The van der Waals surface area contributed by atoms with Gasteiger partial charge in [-0.2, -0.15) is 0 Å². The maximum atomic E-state index is 12.4. The first kappa shape index (κ1) is 22.2. The average Bonchev–Trinajstić information content (AvgIpc) is 3.49. The minimum Gasteiger partial charge on any atom is -0.467 e. The van der Waals surface area contributed by atoms with E-state index in [4.69, 9.17) is 15.1 Å². The number of nitrogens with one attached hydrogen (secondary N) is 1. The van der Waals surface area contributed by atoms with E-state index in [1.807, 2.05) is 30.3 Å². The van der Waals surface area contributed by atoms with Crippen molar-refractivity contribution in [2.45, 2.75) is 25.8 Å². The number of amides is 1. The molecular weight excluding hydrogens is 426 g/mol. The largest absolute Gasteiger partial charge is 0.467 e. The Morgan fingerprint density at radius 3 is 2.65 bits per heavy atom. The standard InChI is InChI=1S/C27H31N5O2/c28-23-8-2-1-7-22(23)27(33)29-13-16-31-14-11-20(12-15-31)18-26-30-24-9-3-4-10-25(24)32(26)19-21-6-5-17-34-21/h1-10,17,20H,11-16,18-19,28H2,(H,29,33). The number of likely N-dealkylation sites (tertiary alicyclic amines) is 1. The first-order chi connectivity index (χ1) is 16.7. The number of furan rings is 1. The summed E-state index contributed by atoms with van der Waals surface area (Å²) in [6, 6.07) is 19.4. The van der Waals surface area contributed by atoms with Gasteiger partial charge in [-0.1, -0.05) is 24.3 Å². The summed E-state index contributed by atoms with van der Waals surface area (Å²) in [6.45, 7) is 4.24. The van der Waals surface area contributed by atoms with Crippen LogP contribution in [0.15, 0.2) is 71.3 Å². The minimum atomic E-state index is -0.108. The molecule has 176 valence electrons. The third kappa shape index (κ3) is 4.99. The van der Waals surface area contributed by atoms with Gasteiger partial charge in [-0.3, -0.25) is 4.79 Å². The molecule has 5 rings (SSSR count). The Hall–Kier alpha value is -3.58. The molecule has 3 heterocycles. The lowest BCUT2D eigenvalue weighted by atomic mass is 9.93. The molecule has 0 aliphatic carbocycles.